The number of carbonyl (C=O) groups excluding carboxylic acids is 2. The lowest BCUT2D eigenvalue weighted by atomic mass is 9.99. The van der Waals surface area contributed by atoms with Gasteiger partial charge in [-0.25, -0.2) is 4.79 Å². The van der Waals surface area contributed by atoms with Crippen molar-refractivity contribution in [2.24, 2.45) is 0 Å². The van der Waals surface area contributed by atoms with Crippen LogP contribution in [0.25, 0.3) is 0 Å². The summed E-state index contributed by atoms with van der Waals surface area (Å²) < 4.78 is 21.5. The fourth-order valence-corrected chi connectivity index (χ4v) is 5.10. The molecule has 0 spiro atoms. The first kappa shape index (κ1) is 45.9. The smallest absolute Gasteiger partial charge is 0.335 e. The number of rotatable bonds is 29. The van der Waals surface area contributed by atoms with E-state index in [2.05, 4.69) is 74.6 Å². The zero-order valence-corrected chi connectivity index (χ0v) is 30.8. The molecule has 0 aromatic carbocycles. The van der Waals surface area contributed by atoms with E-state index in [1.807, 2.05) is 0 Å². The molecule has 51 heavy (non-hydrogen) atoms. The number of aliphatic carboxylic acids is 1. The summed E-state index contributed by atoms with van der Waals surface area (Å²) in [6.07, 6.45) is 25.8. The number of aliphatic hydroxyl groups excluding tert-OH is 3. The number of ether oxygens (including phenoxy) is 4. The molecule has 0 amide bonds. The van der Waals surface area contributed by atoms with Crippen LogP contribution < -0.4 is 0 Å². The molecule has 11 nitrogen and oxygen atoms in total. The number of aliphatic hydroxyl groups is 3. The van der Waals surface area contributed by atoms with Crippen molar-refractivity contribution in [2.45, 2.75) is 160 Å². The number of carboxylic acids is 1. The Morgan fingerprint density at radius 1 is 0.627 bits per heavy atom. The molecule has 0 bridgehead atoms. The zero-order chi connectivity index (χ0) is 37.5. The minimum atomic E-state index is -1.87. The van der Waals surface area contributed by atoms with Gasteiger partial charge in [-0.1, -0.05) is 100 Å². The highest BCUT2D eigenvalue weighted by molar-refractivity contribution is 5.73. The van der Waals surface area contributed by atoms with Crippen LogP contribution in [-0.2, 0) is 33.3 Å². The standard InChI is InChI=1S/C40H64O11/c1-3-5-7-9-11-13-15-16-17-18-19-21-22-24-26-28-33(41)48-30-32(31-49-40-37(45)35(43)36(44)38(51-40)39(46)47)50-34(42)29-27-25-23-20-14-12-10-8-6-4-2/h5,7-8,10-11,13,16-17,19,21,32,35-38,40,43-45H,3-4,6,9,12,14-15,18,20,22-31H2,1-2H3,(H,46,47)/b7-5-,10-8-,13-11-,17-16-,21-19-. The number of carboxylic acid groups (broad SMARTS) is 1. The zero-order valence-electron chi connectivity index (χ0n) is 30.8. The number of esters is 2. The molecule has 1 aliphatic heterocycles. The molecule has 6 unspecified atom stereocenters. The minimum Gasteiger partial charge on any atom is -0.479 e. The first-order valence-corrected chi connectivity index (χ1v) is 18.8. The highest BCUT2D eigenvalue weighted by atomic mass is 16.7. The predicted octanol–water partition coefficient (Wildman–Crippen LogP) is 6.80. The van der Waals surface area contributed by atoms with E-state index in [0.717, 1.165) is 83.5 Å². The van der Waals surface area contributed by atoms with Crippen LogP contribution in [0.5, 0.6) is 0 Å². The molecule has 1 rings (SSSR count). The summed E-state index contributed by atoms with van der Waals surface area (Å²) >= 11 is 0. The summed E-state index contributed by atoms with van der Waals surface area (Å²) in [5.74, 6) is -2.53. The molecular weight excluding hydrogens is 656 g/mol. The maximum atomic E-state index is 12.6. The normalized spacial score (nSPS) is 21.8. The second-order valence-electron chi connectivity index (χ2n) is 12.7. The maximum absolute atomic E-state index is 12.6. The topological polar surface area (TPSA) is 169 Å². The molecule has 11 heteroatoms. The Morgan fingerprint density at radius 3 is 1.80 bits per heavy atom. The molecule has 4 N–H and O–H groups in total. The van der Waals surface area contributed by atoms with Gasteiger partial charge < -0.3 is 39.4 Å². The van der Waals surface area contributed by atoms with Gasteiger partial charge in [-0.15, -0.1) is 0 Å². The summed E-state index contributed by atoms with van der Waals surface area (Å²) in [5, 5.41) is 39.6. The van der Waals surface area contributed by atoms with Gasteiger partial charge in [0, 0.05) is 12.8 Å². The van der Waals surface area contributed by atoms with Crippen molar-refractivity contribution in [1.29, 1.82) is 0 Å². The molecule has 1 fully saturated rings. The van der Waals surface area contributed by atoms with Crippen molar-refractivity contribution in [3.63, 3.8) is 0 Å². The lowest BCUT2D eigenvalue weighted by molar-refractivity contribution is -0.298. The Hall–Kier alpha value is -3.09. The van der Waals surface area contributed by atoms with Crippen LogP contribution in [0, 0.1) is 0 Å². The van der Waals surface area contributed by atoms with Crippen LogP contribution in [-0.4, -0.2) is 88.4 Å². The molecule has 1 saturated heterocycles. The van der Waals surface area contributed by atoms with E-state index < -0.39 is 61.3 Å². The number of unbranched alkanes of at least 4 members (excludes halogenated alkanes) is 8. The van der Waals surface area contributed by atoms with Gasteiger partial charge in [-0.3, -0.25) is 9.59 Å². The average Bonchev–Trinajstić information content (AvgIpc) is 3.11. The van der Waals surface area contributed by atoms with E-state index in [1.54, 1.807) is 0 Å². The molecule has 0 aliphatic carbocycles. The van der Waals surface area contributed by atoms with Gasteiger partial charge in [-0.05, 0) is 70.6 Å². The van der Waals surface area contributed by atoms with Crippen molar-refractivity contribution in [1.82, 2.24) is 0 Å². The van der Waals surface area contributed by atoms with Gasteiger partial charge in [0.05, 0.1) is 6.61 Å². The fourth-order valence-electron chi connectivity index (χ4n) is 5.10. The average molecular weight is 721 g/mol. The van der Waals surface area contributed by atoms with Crippen LogP contribution in [0.3, 0.4) is 0 Å². The predicted molar refractivity (Wildman–Crippen MR) is 197 cm³/mol. The largest absolute Gasteiger partial charge is 0.479 e. The van der Waals surface area contributed by atoms with E-state index in [9.17, 15) is 34.8 Å². The third-order valence-corrected chi connectivity index (χ3v) is 8.08. The highest BCUT2D eigenvalue weighted by Gasteiger charge is 2.47. The van der Waals surface area contributed by atoms with Crippen molar-refractivity contribution in [3.8, 4) is 0 Å². The Labute approximate surface area is 305 Å². The molecular formula is C40H64O11. The van der Waals surface area contributed by atoms with Crippen LogP contribution in [0.2, 0.25) is 0 Å². The lowest BCUT2D eigenvalue weighted by Crippen LogP contribution is -2.60. The van der Waals surface area contributed by atoms with E-state index in [1.165, 1.54) is 0 Å². The monoisotopic (exact) mass is 720 g/mol. The van der Waals surface area contributed by atoms with Crippen LogP contribution >= 0.6 is 0 Å². The quantitative estimate of drug-likeness (QED) is 0.0364. The summed E-state index contributed by atoms with van der Waals surface area (Å²) in [4.78, 5) is 36.5. The summed E-state index contributed by atoms with van der Waals surface area (Å²) in [6, 6.07) is 0. The highest BCUT2D eigenvalue weighted by Crippen LogP contribution is 2.23. The van der Waals surface area contributed by atoms with Crippen LogP contribution in [0.1, 0.15) is 123 Å². The number of carbonyl (C=O) groups is 3. The second-order valence-corrected chi connectivity index (χ2v) is 12.7. The van der Waals surface area contributed by atoms with Crippen LogP contribution in [0.15, 0.2) is 60.8 Å². The molecule has 0 aromatic rings. The van der Waals surface area contributed by atoms with E-state index in [4.69, 9.17) is 18.9 Å². The summed E-state index contributed by atoms with van der Waals surface area (Å²) in [6.45, 7) is 3.54. The fraction of sp³-hybridized carbons (Fsp3) is 0.675. The first-order chi connectivity index (χ1) is 24.7. The second kappa shape index (κ2) is 30.5. The molecule has 1 aliphatic rings. The van der Waals surface area contributed by atoms with E-state index in [-0.39, 0.29) is 19.4 Å². The Balaban J connectivity index is 2.49. The Bertz CT molecular complexity index is 1080. The third-order valence-electron chi connectivity index (χ3n) is 8.08. The molecule has 0 aromatic heterocycles. The van der Waals surface area contributed by atoms with Gasteiger partial charge in [0.25, 0.3) is 0 Å². The van der Waals surface area contributed by atoms with Crippen molar-refractivity contribution >= 4 is 17.9 Å². The van der Waals surface area contributed by atoms with Gasteiger partial charge in [-0.2, -0.15) is 0 Å². The van der Waals surface area contributed by atoms with E-state index in [0.29, 0.717) is 12.8 Å². The molecule has 290 valence electrons. The summed E-state index contributed by atoms with van der Waals surface area (Å²) in [5.41, 5.74) is 0. The Morgan fingerprint density at radius 2 is 1.16 bits per heavy atom. The molecule has 0 radical (unpaired) electrons. The van der Waals surface area contributed by atoms with Crippen molar-refractivity contribution < 1.29 is 53.8 Å². The van der Waals surface area contributed by atoms with Gasteiger partial charge in [0.1, 0.15) is 24.9 Å². The first-order valence-electron chi connectivity index (χ1n) is 18.8. The summed E-state index contributed by atoms with van der Waals surface area (Å²) in [7, 11) is 0. The number of hydrogen-bond acceptors (Lipinski definition) is 10. The van der Waals surface area contributed by atoms with Gasteiger partial charge >= 0.3 is 17.9 Å². The van der Waals surface area contributed by atoms with Gasteiger partial charge in [0.15, 0.2) is 18.5 Å². The lowest BCUT2D eigenvalue weighted by Gasteiger charge is -2.38. The molecule has 0 saturated carbocycles. The third kappa shape index (κ3) is 23.2. The SMILES string of the molecule is CC/C=C\C/C=C\C/C=C\C/C=C\CCCCC(=O)OCC(COC1OC(C(=O)O)C(O)C(O)C1O)OC(=O)CCCCCCC/C=C\CCC. The van der Waals surface area contributed by atoms with Gasteiger partial charge in [0.2, 0.25) is 0 Å². The van der Waals surface area contributed by atoms with E-state index >= 15 is 0 Å². The van der Waals surface area contributed by atoms with Crippen molar-refractivity contribution in [3.05, 3.63) is 60.8 Å². The van der Waals surface area contributed by atoms with Crippen molar-refractivity contribution in [2.75, 3.05) is 13.2 Å². The molecule has 6 atom stereocenters. The minimum absolute atomic E-state index is 0.159. The van der Waals surface area contributed by atoms with Crippen LogP contribution in [0.4, 0.5) is 0 Å². The number of allylic oxidation sites excluding steroid dienone is 10. The molecule has 1 heterocycles. The number of hydrogen-bond donors (Lipinski definition) is 4. The maximum Gasteiger partial charge on any atom is 0.335 e. The Kier molecular flexibility index (Phi) is 27.5.